The molecule has 2 amide bonds. The van der Waals surface area contributed by atoms with E-state index in [-0.39, 0.29) is 6.47 Å². The van der Waals surface area contributed by atoms with Crippen molar-refractivity contribution in [3.8, 4) is 0 Å². The number of carboxylic acids is 1. The number of aliphatic carboxylic acids is 1. The maximum atomic E-state index is 11.6. The Kier molecular flexibility index (Phi) is 10.0. The summed E-state index contributed by atoms with van der Waals surface area (Å²) in [6.45, 7) is 2.58. The van der Waals surface area contributed by atoms with E-state index in [2.05, 4.69) is 10.6 Å². The molecule has 0 bridgehead atoms. The molecule has 0 radical (unpaired) electrons. The predicted octanol–water partition coefficient (Wildman–Crippen LogP) is 0.167. The molecular formula is C12H23N3O5. The fraction of sp³-hybridized carbons (Fsp3) is 0.750. The van der Waals surface area contributed by atoms with Crippen LogP contribution in [0.25, 0.3) is 0 Å². The summed E-state index contributed by atoms with van der Waals surface area (Å²) in [4.78, 5) is 32.9. The van der Waals surface area contributed by atoms with E-state index in [9.17, 15) is 14.4 Å². The molecule has 0 aromatic carbocycles. The zero-order valence-electron chi connectivity index (χ0n) is 11.6. The summed E-state index contributed by atoms with van der Waals surface area (Å²) >= 11 is 0. The number of unbranched alkanes of at least 4 members (excludes halogenated alkanes) is 1. The summed E-state index contributed by atoms with van der Waals surface area (Å²) in [6.07, 6.45) is 2.03. The van der Waals surface area contributed by atoms with Crippen LogP contribution < -0.4 is 16.4 Å². The summed E-state index contributed by atoms with van der Waals surface area (Å²) in [5.74, 6) is -1.10. The van der Waals surface area contributed by atoms with Crippen LogP contribution in [0.4, 0.5) is 4.79 Å². The number of carbonyl (C=O) groups excluding carboxylic acids is 2. The van der Waals surface area contributed by atoms with Gasteiger partial charge in [-0.3, -0.25) is 4.79 Å². The monoisotopic (exact) mass is 289 g/mol. The lowest BCUT2D eigenvalue weighted by molar-refractivity contribution is -0.139. The molecule has 0 aliphatic rings. The number of urea groups is 1. The van der Waals surface area contributed by atoms with Crippen LogP contribution in [-0.2, 0) is 14.3 Å². The van der Waals surface area contributed by atoms with Crippen LogP contribution in [0.3, 0.4) is 0 Å². The number of rotatable bonds is 11. The van der Waals surface area contributed by atoms with Crippen molar-refractivity contribution in [1.82, 2.24) is 10.6 Å². The fourth-order valence-corrected chi connectivity index (χ4v) is 1.61. The normalized spacial score (nSPS) is 13.1. The van der Waals surface area contributed by atoms with Crippen molar-refractivity contribution in [1.29, 1.82) is 0 Å². The Morgan fingerprint density at radius 1 is 1.30 bits per heavy atom. The van der Waals surface area contributed by atoms with Gasteiger partial charge in [0.2, 0.25) is 0 Å². The highest BCUT2D eigenvalue weighted by Crippen LogP contribution is 2.02. The number of nitrogens with one attached hydrogen (secondary N) is 2. The van der Waals surface area contributed by atoms with E-state index in [0.29, 0.717) is 32.2 Å². The van der Waals surface area contributed by atoms with Gasteiger partial charge in [0, 0.05) is 6.42 Å². The van der Waals surface area contributed by atoms with E-state index in [1.54, 1.807) is 0 Å². The lowest BCUT2D eigenvalue weighted by atomic mass is 10.2. The molecular weight excluding hydrogens is 266 g/mol. The van der Waals surface area contributed by atoms with Gasteiger partial charge < -0.3 is 26.2 Å². The SMILES string of the molecule is CCCC(NC(=O)NC(CCCCN)OC=O)C(=O)O. The van der Waals surface area contributed by atoms with Gasteiger partial charge in [-0.2, -0.15) is 0 Å². The fourth-order valence-electron chi connectivity index (χ4n) is 1.61. The average molecular weight is 289 g/mol. The lowest BCUT2D eigenvalue weighted by Crippen LogP contribution is -2.49. The molecule has 20 heavy (non-hydrogen) atoms. The third kappa shape index (κ3) is 8.30. The highest BCUT2D eigenvalue weighted by atomic mass is 16.5. The van der Waals surface area contributed by atoms with E-state index in [1.165, 1.54) is 0 Å². The molecule has 0 fully saturated rings. The number of nitrogens with two attached hydrogens (primary N) is 1. The van der Waals surface area contributed by atoms with Crippen molar-refractivity contribution < 1.29 is 24.2 Å². The van der Waals surface area contributed by atoms with E-state index < -0.39 is 24.3 Å². The third-order valence-corrected chi connectivity index (χ3v) is 2.61. The molecule has 0 spiro atoms. The van der Waals surface area contributed by atoms with Crippen LogP contribution in [0.1, 0.15) is 39.0 Å². The van der Waals surface area contributed by atoms with Crippen LogP contribution >= 0.6 is 0 Å². The van der Waals surface area contributed by atoms with Gasteiger partial charge in [-0.1, -0.05) is 13.3 Å². The van der Waals surface area contributed by atoms with Gasteiger partial charge in [-0.05, 0) is 25.8 Å². The number of hydrogen-bond acceptors (Lipinski definition) is 5. The van der Waals surface area contributed by atoms with Gasteiger partial charge in [0.15, 0.2) is 6.23 Å². The quantitative estimate of drug-likeness (QED) is 0.243. The second-order valence-corrected chi connectivity index (χ2v) is 4.30. The Labute approximate surface area is 118 Å². The predicted molar refractivity (Wildman–Crippen MR) is 71.8 cm³/mol. The van der Waals surface area contributed by atoms with Crippen LogP contribution in [0.15, 0.2) is 0 Å². The smallest absolute Gasteiger partial charge is 0.326 e. The van der Waals surface area contributed by atoms with Crippen molar-refractivity contribution in [2.75, 3.05) is 6.54 Å². The number of amides is 2. The molecule has 8 nitrogen and oxygen atoms in total. The molecule has 5 N–H and O–H groups in total. The largest absolute Gasteiger partial charge is 0.480 e. The molecule has 0 aromatic rings. The third-order valence-electron chi connectivity index (χ3n) is 2.61. The van der Waals surface area contributed by atoms with Gasteiger partial charge in [0.1, 0.15) is 6.04 Å². The van der Waals surface area contributed by atoms with Gasteiger partial charge >= 0.3 is 12.0 Å². The molecule has 0 saturated heterocycles. The summed E-state index contributed by atoms with van der Waals surface area (Å²) in [6, 6.07) is -1.63. The first-order valence-electron chi connectivity index (χ1n) is 6.64. The number of ether oxygens (including phenoxy) is 1. The summed E-state index contributed by atoms with van der Waals surface area (Å²) in [7, 11) is 0. The first kappa shape index (κ1) is 18.2. The summed E-state index contributed by atoms with van der Waals surface area (Å²) < 4.78 is 4.72. The Morgan fingerprint density at radius 3 is 2.50 bits per heavy atom. The molecule has 0 saturated carbocycles. The van der Waals surface area contributed by atoms with Crippen molar-refractivity contribution in [2.24, 2.45) is 5.73 Å². The van der Waals surface area contributed by atoms with Crippen molar-refractivity contribution >= 4 is 18.5 Å². The summed E-state index contributed by atoms with van der Waals surface area (Å²) in [5.41, 5.74) is 5.35. The molecule has 2 atom stereocenters. The van der Waals surface area contributed by atoms with E-state index in [1.807, 2.05) is 6.92 Å². The lowest BCUT2D eigenvalue weighted by Gasteiger charge is -2.19. The average Bonchev–Trinajstić information content (AvgIpc) is 2.38. The molecule has 116 valence electrons. The van der Waals surface area contributed by atoms with E-state index in [4.69, 9.17) is 15.6 Å². The Bertz CT molecular complexity index is 311. The second kappa shape index (κ2) is 11.0. The molecule has 2 unspecified atom stereocenters. The molecule has 8 heteroatoms. The first-order chi connectivity index (χ1) is 9.54. The van der Waals surface area contributed by atoms with Gasteiger partial charge in [-0.15, -0.1) is 0 Å². The Morgan fingerprint density at radius 2 is 2.00 bits per heavy atom. The molecule has 0 heterocycles. The minimum atomic E-state index is -1.10. The first-order valence-corrected chi connectivity index (χ1v) is 6.64. The minimum Gasteiger partial charge on any atom is -0.480 e. The van der Waals surface area contributed by atoms with E-state index >= 15 is 0 Å². The molecule has 0 aliphatic heterocycles. The van der Waals surface area contributed by atoms with Gasteiger partial charge in [-0.25, -0.2) is 9.59 Å². The van der Waals surface area contributed by atoms with Crippen molar-refractivity contribution in [2.45, 2.75) is 51.3 Å². The Hall–Kier alpha value is -1.83. The van der Waals surface area contributed by atoms with Crippen molar-refractivity contribution in [3.05, 3.63) is 0 Å². The van der Waals surface area contributed by atoms with Crippen LogP contribution in [0, 0.1) is 0 Å². The van der Waals surface area contributed by atoms with Crippen LogP contribution in [-0.4, -0.2) is 42.4 Å². The molecule has 0 aliphatic carbocycles. The maximum Gasteiger partial charge on any atom is 0.326 e. The van der Waals surface area contributed by atoms with Crippen molar-refractivity contribution in [3.63, 3.8) is 0 Å². The number of carbonyl (C=O) groups is 3. The van der Waals surface area contributed by atoms with E-state index in [0.717, 1.165) is 6.42 Å². The second-order valence-electron chi connectivity index (χ2n) is 4.30. The molecule has 0 aromatic heterocycles. The highest BCUT2D eigenvalue weighted by molar-refractivity contribution is 5.82. The zero-order chi connectivity index (χ0) is 15.4. The molecule has 0 rings (SSSR count). The Balaban J connectivity index is 4.28. The standard InChI is InChI=1S/C12H23N3O5/c1-2-5-9(11(17)18)14-12(19)15-10(20-8-16)6-3-4-7-13/h8-10H,2-7,13H2,1H3,(H,17,18)(H2,14,15,19). The highest BCUT2D eigenvalue weighted by Gasteiger charge is 2.20. The minimum absolute atomic E-state index is 0.244. The van der Waals surface area contributed by atoms with Crippen LogP contribution in [0.2, 0.25) is 0 Å². The summed E-state index contributed by atoms with van der Waals surface area (Å²) in [5, 5.41) is 13.7. The maximum absolute atomic E-state index is 11.6. The van der Waals surface area contributed by atoms with Gasteiger partial charge in [0.25, 0.3) is 6.47 Å². The van der Waals surface area contributed by atoms with Crippen LogP contribution in [0.5, 0.6) is 0 Å². The number of hydrogen-bond donors (Lipinski definition) is 4. The topological polar surface area (TPSA) is 131 Å². The number of carboxylic acid groups (broad SMARTS) is 1. The van der Waals surface area contributed by atoms with Gasteiger partial charge in [0.05, 0.1) is 0 Å². The zero-order valence-corrected chi connectivity index (χ0v) is 11.6.